The van der Waals surface area contributed by atoms with E-state index in [0.717, 1.165) is 19.3 Å². The Kier molecular flexibility index (Phi) is 3.75. The lowest BCUT2D eigenvalue weighted by molar-refractivity contribution is -0.132. The third kappa shape index (κ3) is 2.69. The number of aromatic amines is 1. The molecule has 1 aromatic carbocycles. The standard InChI is InChI=1S/C18H24N2O/c1-12(2)10-18(21)20(3)13-8-9-17-15(11-13)14-6-4-5-7-16(14)19-17/h4-7,12-13,19H,8-11H2,1-3H3. The summed E-state index contributed by atoms with van der Waals surface area (Å²) in [5.74, 6) is 0.700. The van der Waals surface area contributed by atoms with Gasteiger partial charge in [-0.15, -0.1) is 0 Å². The predicted molar refractivity (Wildman–Crippen MR) is 86.3 cm³/mol. The average molecular weight is 284 g/mol. The number of hydrogen-bond donors (Lipinski definition) is 1. The molecule has 1 aromatic heterocycles. The van der Waals surface area contributed by atoms with E-state index in [0.29, 0.717) is 18.4 Å². The second-order valence-corrected chi connectivity index (χ2v) is 6.63. The number of nitrogens with one attached hydrogen (secondary N) is 1. The largest absolute Gasteiger partial charge is 0.358 e. The van der Waals surface area contributed by atoms with Crippen molar-refractivity contribution >= 4 is 16.8 Å². The van der Waals surface area contributed by atoms with E-state index in [1.807, 2.05) is 11.9 Å². The van der Waals surface area contributed by atoms with E-state index >= 15 is 0 Å². The molecule has 1 aliphatic carbocycles. The third-order valence-corrected chi connectivity index (χ3v) is 4.59. The van der Waals surface area contributed by atoms with Crippen LogP contribution in [-0.2, 0) is 17.6 Å². The molecule has 2 aromatic rings. The number of hydrogen-bond acceptors (Lipinski definition) is 1. The molecule has 112 valence electrons. The number of amides is 1. The number of para-hydroxylation sites is 1. The molecule has 1 aliphatic rings. The van der Waals surface area contributed by atoms with Gasteiger partial charge in [-0.1, -0.05) is 32.0 Å². The number of carbonyl (C=O) groups is 1. The van der Waals surface area contributed by atoms with Crippen LogP contribution in [0.25, 0.3) is 10.9 Å². The summed E-state index contributed by atoms with van der Waals surface area (Å²) in [6.45, 7) is 4.20. The van der Waals surface area contributed by atoms with Crippen LogP contribution in [0.3, 0.4) is 0 Å². The molecule has 3 heteroatoms. The first-order chi connectivity index (χ1) is 10.1. The molecule has 1 N–H and O–H groups in total. The first-order valence-electron chi connectivity index (χ1n) is 7.90. The van der Waals surface area contributed by atoms with Gasteiger partial charge in [0.2, 0.25) is 5.91 Å². The third-order valence-electron chi connectivity index (χ3n) is 4.59. The molecule has 1 heterocycles. The van der Waals surface area contributed by atoms with Gasteiger partial charge < -0.3 is 9.88 Å². The maximum Gasteiger partial charge on any atom is 0.222 e. The summed E-state index contributed by atoms with van der Waals surface area (Å²) in [5.41, 5.74) is 3.99. The fourth-order valence-electron chi connectivity index (χ4n) is 3.38. The minimum atomic E-state index is 0.276. The van der Waals surface area contributed by atoms with E-state index in [2.05, 4.69) is 43.1 Å². The number of carbonyl (C=O) groups excluding carboxylic acids is 1. The highest BCUT2D eigenvalue weighted by Crippen LogP contribution is 2.30. The molecule has 1 amide bonds. The van der Waals surface area contributed by atoms with Crippen LogP contribution in [0, 0.1) is 5.92 Å². The molecular formula is C18H24N2O. The van der Waals surface area contributed by atoms with E-state index in [9.17, 15) is 4.79 Å². The van der Waals surface area contributed by atoms with Gasteiger partial charge in [0, 0.05) is 36.1 Å². The molecule has 21 heavy (non-hydrogen) atoms. The van der Waals surface area contributed by atoms with Crippen LogP contribution in [0.2, 0.25) is 0 Å². The summed E-state index contributed by atoms with van der Waals surface area (Å²) < 4.78 is 0. The van der Waals surface area contributed by atoms with Crippen molar-refractivity contribution in [1.29, 1.82) is 0 Å². The molecule has 3 nitrogen and oxygen atoms in total. The molecule has 0 radical (unpaired) electrons. The smallest absolute Gasteiger partial charge is 0.222 e. The molecule has 0 spiro atoms. The lowest BCUT2D eigenvalue weighted by atomic mass is 9.90. The van der Waals surface area contributed by atoms with E-state index in [1.165, 1.54) is 22.2 Å². The maximum atomic E-state index is 12.3. The van der Waals surface area contributed by atoms with Crippen LogP contribution in [-0.4, -0.2) is 28.9 Å². The molecular weight excluding hydrogens is 260 g/mol. The zero-order chi connectivity index (χ0) is 15.0. The predicted octanol–water partition coefficient (Wildman–Crippen LogP) is 3.53. The molecule has 0 aliphatic heterocycles. The first kappa shape index (κ1) is 14.2. The van der Waals surface area contributed by atoms with Crippen molar-refractivity contribution in [2.45, 2.75) is 45.6 Å². The van der Waals surface area contributed by atoms with Crippen LogP contribution in [0.4, 0.5) is 0 Å². The summed E-state index contributed by atoms with van der Waals surface area (Å²) in [5, 5.41) is 1.32. The van der Waals surface area contributed by atoms with Crippen LogP contribution < -0.4 is 0 Å². The summed E-state index contributed by atoms with van der Waals surface area (Å²) in [6, 6.07) is 8.82. The lowest BCUT2D eigenvalue weighted by Gasteiger charge is -2.32. The molecule has 0 bridgehead atoms. The van der Waals surface area contributed by atoms with Gasteiger partial charge in [-0.05, 0) is 36.8 Å². The molecule has 0 saturated carbocycles. The minimum Gasteiger partial charge on any atom is -0.358 e. The monoisotopic (exact) mass is 284 g/mol. The second-order valence-electron chi connectivity index (χ2n) is 6.63. The molecule has 1 atom stereocenters. The van der Waals surface area contributed by atoms with Crippen molar-refractivity contribution in [2.24, 2.45) is 5.92 Å². The van der Waals surface area contributed by atoms with Crippen molar-refractivity contribution < 1.29 is 4.79 Å². The quantitative estimate of drug-likeness (QED) is 0.919. The molecule has 1 unspecified atom stereocenters. The summed E-state index contributed by atoms with van der Waals surface area (Å²) >= 11 is 0. The minimum absolute atomic E-state index is 0.276. The number of benzene rings is 1. The lowest BCUT2D eigenvalue weighted by Crippen LogP contribution is -2.40. The SMILES string of the molecule is CC(C)CC(=O)N(C)C1CCc2[nH]c3ccccc3c2C1. The summed E-state index contributed by atoms with van der Waals surface area (Å²) in [6.07, 6.45) is 3.71. The number of aromatic nitrogens is 1. The van der Waals surface area contributed by atoms with Gasteiger partial charge in [0.05, 0.1) is 0 Å². The number of H-pyrrole nitrogens is 1. The van der Waals surface area contributed by atoms with E-state index in [4.69, 9.17) is 0 Å². The zero-order valence-corrected chi connectivity index (χ0v) is 13.1. The Morgan fingerprint density at radius 2 is 2.14 bits per heavy atom. The fourth-order valence-corrected chi connectivity index (χ4v) is 3.38. The van der Waals surface area contributed by atoms with Crippen molar-refractivity contribution in [2.75, 3.05) is 7.05 Å². The molecule has 0 saturated heterocycles. The highest BCUT2D eigenvalue weighted by molar-refractivity contribution is 5.85. The Hall–Kier alpha value is -1.77. The van der Waals surface area contributed by atoms with Crippen molar-refractivity contribution in [3.05, 3.63) is 35.5 Å². The second kappa shape index (κ2) is 5.55. The van der Waals surface area contributed by atoms with Crippen LogP contribution in [0.1, 0.15) is 37.9 Å². The number of rotatable bonds is 3. The van der Waals surface area contributed by atoms with Gasteiger partial charge in [-0.3, -0.25) is 4.79 Å². The van der Waals surface area contributed by atoms with Gasteiger partial charge in [0.15, 0.2) is 0 Å². The van der Waals surface area contributed by atoms with E-state index < -0.39 is 0 Å². The number of nitrogens with zero attached hydrogens (tertiary/aromatic N) is 1. The highest BCUT2D eigenvalue weighted by Gasteiger charge is 2.27. The number of aryl methyl sites for hydroxylation is 1. The zero-order valence-electron chi connectivity index (χ0n) is 13.1. The summed E-state index contributed by atoms with van der Waals surface area (Å²) in [4.78, 5) is 17.8. The topological polar surface area (TPSA) is 36.1 Å². The maximum absolute atomic E-state index is 12.3. The van der Waals surface area contributed by atoms with Crippen molar-refractivity contribution in [3.8, 4) is 0 Å². The number of fused-ring (bicyclic) bond motifs is 3. The highest BCUT2D eigenvalue weighted by atomic mass is 16.2. The number of likely N-dealkylation sites (N-methyl/N-ethyl adjacent to an activating group) is 1. The van der Waals surface area contributed by atoms with Crippen LogP contribution in [0.5, 0.6) is 0 Å². The van der Waals surface area contributed by atoms with E-state index in [-0.39, 0.29) is 5.91 Å². The Morgan fingerprint density at radius 3 is 2.90 bits per heavy atom. The van der Waals surface area contributed by atoms with Crippen LogP contribution >= 0.6 is 0 Å². The van der Waals surface area contributed by atoms with Gasteiger partial charge >= 0.3 is 0 Å². The normalized spacial score (nSPS) is 18.0. The molecule has 0 fully saturated rings. The Bertz CT molecular complexity index is 656. The van der Waals surface area contributed by atoms with Crippen LogP contribution in [0.15, 0.2) is 24.3 Å². The van der Waals surface area contributed by atoms with Gasteiger partial charge in [-0.25, -0.2) is 0 Å². The fraction of sp³-hybridized carbons (Fsp3) is 0.500. The Labute approximate surface area is 126 Å². The van der Waals surface area contributed by atoms with Gasteiger partial charge in [0.1, 0.15) is 0 Å². The summed E-state index contributed by atoms with van der Waals surface area (Å²) in [7, 11) is 1.97. The van der Waals surface area contributed by atoms with Gasteiger partial charge in [0.25, 0.3) is 0 Å². The van der Waals surface area contributed by atoms with Crippen molar-refractivity contribution in [1.82, 2.24) is 9.88 Å². The Balaban J connectivity index is 1.82. The van der Waals surface area contributed by atoms with Crippen molar-refractivity contribution in [3.63, 3.8) is 0 Å². The van der Waals surface area contributed by atoms with E-state index in [1.54, 1.807) is 0 Å². The Morgan fingerprint density at radius 1 is 1.38 bits per heavy atom. The molecule has 3 rings (SSSR count). The van der Waals surface area contributed by atoms with Gasteiger partial charge in [-0.2, -0.15) is 0 Å². The first-order valence-corrected chi connectivity index (χ1v) is 7.90. The average Bonchev–Trinajstić information content (AvgIpc) is 2.83.